The van der Waals surface area contributed by atoms with Crippen LogP contribution in [-0.4, -0.2) is 16.1 Å². The summed E-state index contributed by atoms with van der Waals surface area (Å²) in [6.07, 6.45) is 0.185. The monoisotopic (exact) mass is 181 g/mol. The number of ether oxygens (including phenoxy) is 1. The van der Waals surface area contributed by atoms with Gasteiger partial charge in [-0.2, -0.15) is 0 Å². The van der Waals surface area contributed by atoms with E-state index < -0.39 is 0 Å². The summed E-state index contributed by atoms with van der Waals surface area (Å²) in [7, 11) is 0. The van der Waals surface area contributed by atoms with Crippen LogP contribution in [0, 0.1) is 6.92 Å². The van der Waals surface area contributed by atoms with Gasteiger partial charge >= 0.3 is 0 Å². The standard InChI is InChI=1S/C9H15N3O/c1-6(2)13-5-9-11-7(3)4-8(10)12-9/h4,6H,5H2,1-3H3,(H2,10,11,12). The average Bonchev–Trinajstić information content (AvgIpc) is 1.99. The zero-order chi connectivity index (χ0) is 9.84. The molecule has 1 aromatic rings. The number of hydrogen-bond donors (Lipinski definition) is 1. The first-order valence-corrected chi connectivity index (χ1v) is 4.29. The topological polar surface area (TPSA) is 61.0 Å². The van der Waals surface area contributed by atoms with Gasteiger partial charge in [-0.15, -0.1) is 0 Å². The number of nitrogens with two attached hydrogens (primary N) is 1. The Labute approximate surface area is 78.1 Å². The Morgan fingerprint density at radius 3 is 2.69 bits per heavy atom. The van der Waals surface area contributed by atoms with E-state index in [1.807, 2.05) is 20.8 Å². The number of anilines is 1. The summed E-state index contributed by atoms with van der Waals surface area (Å²) in [5, 5.41) is 0. The van der Waals surface area contributed by atoms with Gasteiger partial charge in [-0.25, -0.2) is 9.97 Å². The molecular formula is C9H15N3O. The molecule has 4 heteroatoms. The molecule has 0 atom stereocenters. The first kappa shape index (κ1) is 9.92. The fraction of sp³-hybridized carbons (Fsp3) is 0.556. The maximum absolute atomic E-state index is 5.56. The second-order valence-electron chi connectivity index (χ2n) is 3.21. The van der Waals surface area contributed by atoms with E-state index in [1.165, 1.54) is 0 Å². The molecular weight excluding hydrogens is 166 g/mol. The van der Waals surface area contributed by atoms with Crippen molar-refractivity contribution in [3.63, 3.8) is 0 Å². The van der Waals surface area contributed by atoms with Gasteiger partial charge in [-0.3, -0.25) is 0 Å². The number of aryl methyl sites for hydroxylation is 1. The number of aromatic nitrogens is 2. The molecule has 0 aliphatic carbocycles. The Bertz CT molecular complexity index is 266. The molecule has 0 aromatic carbocycles. The van der Waals surface area contributed by atoms with Gasteiger partial charge in [-0.05, 0) is 20.8 Å². The fourth-order valence-electron chi connectivity index (χ4n) is 0.962. The second-order valence-corrected chi connectivity index (χ2v) is 3.21. The van der Waals surface area contributed by atoms with Crippen molar-refractivity contribution in [2.45, 2.75) is 33.5 Å². The van der Waals surface area contributed by atoms with Gasteiger partial charge in [0.15, 0.2) is 5.82 Å². The number of nitrogens with zero attached hydrogens (tertiary/aromatic N) is 2. The summed E-state index contributed by atoms with van der Waals surface area (Å²) < 4.78 is 5.36. The molecule has 0 unspecified atom stereocenters. The van der Waals surface area contributed by atoms with E-state index >= 15 is 0 Å². The van der Waals surface area contributed by atoms with Crippen LogP contribution in [-0.2, 0) is 11.3 Å². The van der Waals surface area contributed by atoms with Crippen LogP contribution in [0.1, 0.15) is 25.4 Å². The van der Waals surface area contributed by atoms with E-state index in [1.54, 1.807) is 6.07 Å². The Hall–Kier alpha value is -1.16. The van der Waals surface area contributed by atoms with Crippen molar-refractivity contribution >= 4 is 5.82 Å². The van der Waals surface area contributed by atoms with E-state index in [2.05, 4.69) is 9.97 Å². The van der Waals surface area contributed by atoms with Crippen molar-refractivity contribution in [1.82, 2.24) is 9.97 Å². The molecule has 0 saturated heterocycles. The molecule has 13 heavy (non-hydrogen) atoms. The van der Waals surface area contributed by atoms with Crippen LogP contribution in [0.15, 0.2) is 6.07 Å². The van der Waals surface area contributed by atoms with Crippen molar-refractivity contribution in [2.75, 3.05) is 5.73 Å². The molecule has 2 N–H and O–H groups in total. The van der Waals surface area contributed by atoms with E-state index in [-0.39, 0.29) is 6.10 Å². The van der Waals surface area contributed by atoms with Crippen LogP contribution < -0.4 is 5.73 Å². The minimum Gasteiger partial charge on any atom is -0.384 e. The Morgan fingerprint density at radius 2 is 2.15 bits per heavy atom. The highest BCUT2D eigenvalue weighted by Gasteiger charge is 2.01. The molecule has 0 aliphatic rings. The second kappa shape index (κ2) is 4.18. The van der Waals surface area contributed by atoms with Gasteiger partial charge in [0.2, 0.25) is 0 Å². The lowest BCUT2D eigenvalue weighted by Gasteiger charge is -2.06. The van der Waals surface area contributed by atoms with Crippen LogP contribution in [0.4, 0.5) is 5.82 Å². The minimum atomic E-state index is 0.185. The van der Waals surface area contributed by atoms with Crippen LogP contribution in [0.2, 0.25) is 0 Å². The third-order valence-corrected chi connectivity index (χ3v) is 1.47. The van der Waals surface area contributed by atoms with Gasteiger partial charge in [0.05, 0.1) is 6.10 Å². The van der Waals surface area contributed by atoms with Gasteiger partial charge in [0, 0.05) is 11.8 Å². The minimum absolute atomic E-state index is 0.185. The number of nitrogen functional groups attached to an aromatic ring is 1. The molecule has 0 fully saturated rings. The van der Waals surface area contributed by atoms with Crippen molar-refractivity contribution < 1.29 is 4.74 Å². The molecule has 0 spiro atoms. The largest absolute Gasteiger partial charge is 0.384 e. The molecule has 0 aliphatic heterocycles. The lowest BCUT2D eigenvalue weighted by Crippen LogP contribution is -2.07. The quantitative estimate of drug-likeness (QED) is 0.763. The summed E-state index contributed by atoms with van der Waals surface area (Å²) in [4.78, 5) is 8.24. The first-order valence-electron chi connectivity index (χ1n) is 4.29. The summed E-state index contributed by atoms with van der Waals surface area (Å²) in [6, 6.07) is 1.73. The summed E-state index contributed by atoms with van der Waals surface area (Å²) in [5.41, 5.74) is 6.43. The molecule has 1 aromatic heterocycles. The zero-order valence-electron chi connectivity index (χ0n) is 8.24. The third kappa shape index (κ3) is 3.38. The van der Waals surface area contributed by atoms with Gasteiger partial charge in [0.1, 0.15) is 12.4 Å². The van der Waals surface area contributed by atoms with Crippen LogP contribution >= 0.6 is 0 Å². The van der Waals surface area contributed by atoms with Crippen molar-refractivity contribution in [3.05, 3.63) is 17.6 Å². The summed E-state index contributed by atoms with van der Waals surface area (Å²) >= 11 is 0. The van der Waals surface area contributed by atoms with Crippen molar-refractivity contribution in [3.8, 4) is 0 Å². The van der Waals surface area contributed by atoms with E-state index in [9.17, 15) is 0 Å². The predicted octanol–water partition coefficient (Wildman–Crippen LogP) is 1.29. The maximum atomic E-state index is 5.56. The van der Waals surface area contributed by atoms with E-state index in [0.29, 0.717) is 18.2 Å². The Morgan fingerprint density at radius 1 is 1.46 bits per heavy atom. The van der Waals surface area contributed by atoms with Crippen molar-refractivity contribution in [2.24, 2.45) is 0 Å². The predicted molar refractivity (Wildman–Crippen MR) is 51.1 cm³/mol. The van der Waals surface area contributed by atoms with Crippen LogP contribution in [0.3, 0.4) is 0 Å². The molecule has 0 radical (unpaired) electrons. The Balaban J connectivity index is 2.66. The first-order chi connectivity index (χ1) is 6.08. The lowest BCUT2D eigenvalue weighted by molar-refractivity contribution is 0.0613. The zero-order valence-corrected chi connectivity index (χ0v) is 8.24. The van der Waals surface area contributed by atoms with Gasteiger partial charge in [0.25, 0.3) is 0 Å². The lowest BCUT2D eigenvalue weighted by atomic mass is 10.4. The molecule has 0 amide bonds. The molecule has 0 bridgehead atoms. The normalized spacial score (nSPS) is 10.8. The highest BCUT2D eigenvalue weighted by molar-refractivity contribution is 5.28. The molecule has 0 saturated carbocycles. The van der Waals surface area contributed by atoms with Gasteiger partial charge in [-0.1, -0.05) is 0 Å². The van der Waals surface area contributed by atoms with Crippen LogP contribution in [0.5, 0.6) is 0 Å². The maximum Gasteiger partial charge on any atom is 0.156 e. The molecule has 1 heterocycles. The number of rotatable bonds is 3. The van der Waals surface area contributed by atoms with Crippen molar-refractivity contribution in [1.29, 1.82) is 0 Å². The fourth-order valence-corrected chi connectivity index (χ4v) is 0.962. The molecule has 72 valence electrons. The highest BCUT2D eigenvalue weighted by Crippen LogP contribution is 2.03. The van der Waals surface area contributed by atoms with E-state index in [0.717, 1.165) is 5.69 Å². The summed E-state index contributed by atoms with van der Waals surface area (Å²) in [6.45, 7) is 6.25. The smallest absolute Gasteiger partial charge is 0.156 e. The SMILES string of the molecule is Cc1cc(N)nc(COC(C)C)n1. The highest BCUT2D eigenvalue weighted by atomic mass is 16.5. The Kier molecular flexibility index (Phi) is 3.19. The van der Waals surface area contributed by atoms with E-state index in [4.69, 9.17) is 10.5 Å². The van der Waals surface area contributed by atoms with Gasteiger partial charge < -0.3 is 10.5 Å². The molecule has 4 nitrogen and oxygen atoms in total. The number of hydrogen-bond acceptors (Lipinski definition) is 4. The summed E-state index contributed by atoms with van der Waals surface area (Å²) in [5.74, 6) is 1.14. The molecule has 1 rings (SSSR count). The third-order valence-electron chi connectivity index (χ3n) is 1.47. The van der Waals surface area contributed by atoms with Crippen LogP contribution in [0.25, 0.3) is 0 Å². The average molecular weight is 181 g/mol.